The number of hydrogen-bond donors (Lipinski definition) is 2. The Bertz CT molecular complexity index is 624. The second-order valence-electron chi connectivity index (χ2n) is 3.94. The number of carboxylic acids is 1. The first-order valence-electron chi connectivity index (χ1n) is 5.54. The lowest BCUT2D eigenvalue weighted by Gasteiger charge is -2.10. The molecule has 0 fully saturated rings. The highest BCUT2D eigenvalue weighted by Gasteiger charge is 2.08. The molecule has 2 N–H and O–H groups in total. The molecule has 1 heterocycles. The Balaban J connectivity index is 2.11. The van der Waals surface area contributed by atoms with E-state index < -0.39 is 5.97 Å². The Morgan fingerprint density at radius 2 is 1.95 bits per heavy atom. The zero-order valence-corrected chi connectivity index (χ0v) is 13.1. The van der Waals surface area contributed by atoms with Crippen LogP contribution in [-0.2, 0) is 6.54 Å². The number of aromatic carboxylic acids is 1. The number of carbonyl (C=O) groups is 1. The molecule has 2 aromatic rings. The number of nitrogens with one attached hydrogen (secondary N) is 1. The van der Waals surface area contributed by atoms with Crippen molar-refractivity contribution in [1.82, 2.24) is 4.98 Å². The molecule has 0 amide bonds. The number of anilines is 1. The summed E-state index contributed by atoms with van der Waals surface area (Å²) >= 11 is 15.5. The van der Waals surface area contributed by atoms with E-state index in [2.05, 4.69) is 26.2 Å². The van der Waals surface area contributed by atoms with E-state index >= 15 is 0 Å². The van der Waals surface area contributed by atoms with Gasteiger partial charge in [-0.05, 0) is 24.3 Å². The molecule has 0 spiro atoms. The lowest BCUT2D eigenvalue weighted by atomic mass is 10.2. The summed E-state index contributed by atoms with van der Waals surface area (Å²) in [5.74, 6) is -1.00. The van der Waals surface area contributed by atoms with Crippen molar-refractivity contribution in [2.75, 3.05) is 5.32 Å². The van der Waals surface area contributed by atoms with Crippen LogP contribution >= 0.6 is 39.1 Å². The Hall–Kier alpha value is -1.30. The number of carboxylic acid groups (broad SMARTS) is 1. The quantitative estimate of drug-likeness (QED) is 0.827. The summed E-state index contributed by atoms with van der Waals surface area (Å²) in [5.41, 5.74) is 1.44. The number of benzene rings is 1. The zero-order chi connectivity index (χ0) is 14.7. The van der Waals surface area contributed by atoms with Gasteiger partial charge in [0.1, 0.15) is 0 Å². The molecule has 1 aromatic carbocycles. The van der Waals surface area contributed by atoms with E-state index in [0.717, 1.165) is 4.47 Å². The van der Waals surface area contributed by atoms with Crippen LogP contribution in [0.5, 0.6) is 0 Å². The lowest BCUT2D eigenvalue weighted by Crippen LogP contribution is -2.04. The summed E-state index contributed by atoms with van der Waals surface area (Å²) in [4.78, 5) is 14.8. The predicted molar refractivity (Wildman–Crippen MR) is 82.7 cm³/mol. The molecule has 7 heteroatoms. The SMILES string of the molecule is O=C(O)c1ccc(CNc2c(Cl)cc(Br)cc2Cl)nc1. The molecule has 0 aliphatic carbocycles. The van der Waals surface area contributed by atoms with Crippen LogP contribution in [0.2, 0.25) is 10.0 Å². The van der Waals surface area contributed by atoms with Crippen molar-refractivity contribution in [2.24, 2.45) is 0 Å². The van der Waals surface area contributed by atoms with E-state index in [1.165, 1.54) is 12.3 Å². The molecule has 0 saturated carbocycles. The monoisotopic (exact) mass is 374 g/mol. The van der Waals surface area contributed by atoms with Crippen molar-refractivity contribution in [2.45, 2.75) is 6.54 Å². The standard InChI is InChI=1S/C13H9BrCl2N2O2/c14-8-3-10(15)12(11(16)4-8)18-6-9-2-1-7(5-17-9)13(19)20/h1-5,18H,6H2,(H,19,20). The van der Waals surface area contributed by atoms with Crippen LogP contribution in [-0.4, -0.2) is 16.1 Å². The van der Waals surface area contributed by atoms with Crippen LogP contribution < -0.4 is 5.32 Å². The Morgan fingerprint density at radius 1 is 1.30 bits per heavy atom. The number of nitrogens with zero attached hydrogens (tertiary/aromatic N) is 1. The minimum absolute atomic E-state index is 0.147. The molecule has 0 bridgehead atoms. The minimum atomic E-state index is -1.00. The van der Waals surface area contributed by atoms with E-state index in [-0.39, 0.29) is 5.56 Å². The Labute approximate surface area is 133 Å². The predicted octanol–water partition coefficient (Wildman–Crippen LogP) is 4.46. The van der Waals surface area contributed by atoms with Crippen LogP contribution in [0.15, 0.2) is 34.9 Å². The van der Waals surface area contributed by atoms with E-state index in [4.69, 9.17) is 28.3 Å². The maximum atomic E-state index is 10.7. The average Bonchev–Trinajstić information content (AvgIpc) is 2.38. The molecular formula is C13H9BrCl2N2O2. The first-order chi connectivity index (χ1) is 9.47. The number of pyridine rings is 1. The smallest absolute Gasteiger partial charge is 0.337 e. The molecule has 0 aliphatic heterocycles. The fraction of sp³-hybridized carbons (Fsp3) is 0.0769. The summed E-state index contributed by atoms with van der Waals surface area (Å²) in [6.07, 6.45) is 1.31. The normalized spacial score (nSPS) is 10.3. The summed E-state index contributed by atoms with van der Waals surface area (Å²) in [6.45, 7) is 0.390. The van der Waals surface area contributed by atoms with Gasteiger partial charge in [-0.15, -0.1) is 0 Å². The van der Waals surface area contributed by atoms with Crippen molar-refractivity contribution in [3.8, 4) is 0 Å². The zero-order valence-electron chi connectivity index (χ0n) is 10.0. The summed E-state index contributed by atoms with van der Waals surface area (Å²) in [6, 6.07) is 6.60. The average molecular weight is 376 g/mol. The van der Waals surface area contributed by atoms with Crippen LogP contribution in [0.1, 0.15) is 16.1 Å². The largest absolute Gasteiger partial charge is 0.478 e. The van der Waals surface area contributed by atoms with Crippen LogP contribution in [0.25, 0.3) is 0 Å². The number of halogens is 3. The van der Waals surface area contributed by atoms with Gasteiger partial charge in [0.15, 0.2) is 0 Å². The van der Waals surface area contributed by atoms with Crippen molar-refractivity contribution < 1.29 is 9.90 Å². The van der Waals surface area contributed by atoms with E-state index in [0.29, 0.717) is 28.0 Å². The molecule has 0 atom stereocenters. The number of hydrogen-bond acceptors (Lipinski definition) is 3. The van der Waals surface area contributed by atoms with Crippen LogP contribution in [0.3, 0.4) is 0 Å². The van der Waals surface area contributed by atoms with Gasteiger partial charge >= 0.3 is 5.97 Å². The van der Waals surface area contributed by atoms with E-state index in [1.54, 1.807) is 18.2 Å². The molecule has 20 heavy (non-hydrogen) atoms. The highest BCUT2D eigenvalue weighted by atomic mass is 79.9. The Kier molecular flexibility index (Phi) is 4.86. The van der Waals surface area contributed by atoms with Gasteiger partial charge in [0, 0.05) is 10.7 Å². The third-order valence-electron chi connectivity index (χ3n) is 2.52. The molecule has 1 aromatic heterocycles. The van der Waals surface area contributed by atoms with Gasteiger partial charge in [0.2, 0.25) is 0 Å². The van der Waals surface area contributed by atoms with Crippen molar-refractivity contribution in [3.05, 3.63) is 56.2 Å². The third kappa shape index (κ3) is 3.62. The highest BCUT2D eigenvalue weighted by Crippen LogP contribution is 2.33. The first kappa shape index (κ1) is 15.1. The summed E-state index contributed by atoms with van der Waals surface area (Å²) in [5, 5.41) is 12.9. The molecule has 0 radical (unpaired) electrons. The van der Waals surface area contributed by atoms with Gasteiger partial charge in [-0.25, -0.2) is 4.79 Å². The fourth-order valence-electron chi connectivity index (χ4n) is 1.55. The van der Waals surface area contributed by atoms with E-state index in [9.17, 15) is 4.79 Å². The van der Waals surface area contributed by atoms with Crippen LogP contribution in [0, 0.1) is 0 Å². The van der Waals surface area contributed by atoms with Gasteiger partial charge in [-0.1, -0.05) is 39.1 Å². The number of rotatable bonds is 4. The second-order valence-corrected chi connectivity index (χ2v) is 5.67. The van der Waals surface area contributed by atoms with Gasteiger partial charge in [-0.2, -0.15) is 0 Å². The highest BCUT2D eigenvalue weighted by molar-refractivity contribution is 9.10. The second kappa shape index (κ2) is 6.43. The van der Waals surface area contributed by atoms with Crippen molar-refractivity contribution >= 4 is 50.8 Å². The first-order valence-corrected chi connectivity index (χ1v) is 7.09. The minimum Gasteiger partial charge on any atom is -0.478 e. The number of aromatic nitrogens is 1. The maximum Gasteiger partial charge on any atom is 0.337 e. The Morgan fingerprint density at radius 3 is 2.45 bits per heavy atom. The molecule has 104 valence electrons. The molecular weight excluding hydrogens is 367 g/mol. The van der Waals surface area contributed by atoms with Gasteiger partial charge < -0.3 is 10.4 Å². The molecule has 4 nitrogen and oxygen atoms in total. The molecule has 0 saturated heterocycles. The van der Waals surface area contributed by atoms with Gasteiger partial charge in [0.25, 0.3) is 0 Å². The topological polar surface area (TPSA) is 62.2 Å². The van der Waals surface area contributed by atoms with Gasteiger partial charge in [0.05, 0.1) is 33.5 Å². The lowest BCUT2D eigenvalue weighted by molar-refractivity contribution is 0.0696. The summed E-state index contributed by atoms with van der Waals surface area (Å²) < 4.78 is 0.794. The van der Waals surface area contributed by atoms with Crippen molar-refractivity contribution in [1.29, 1.82) is 0 Å². The molecule has 2 rings (SSSR count). The maximum absolute atomic E-state index is 10.7. The summed E-state index contributed by atoms with van der Waals surface area (Å²) in [7, 11) is 0. The fourth-order valence-corrected chi connectivity index (χ4v) is 2.89. The molecule has 0 aliphatic rings. The van der Waals surface area contributed by atoms with Gasteiger partial charge in [-0.3, -0.25) is 4.98 Å². The van der Waals surface area contributed by atoms with Crippen LogP contribution in [0.4, 0.5) is 5.69 Å². The third-order valence-corrected chi connectivity index (χ3v) is 3.58. The molecule has 0 unspecified atom stereocenters. The van der Waals surface area contributed by atoms with Crippen molar-refractivity contribution in [3.63, 3.8) is 0 Å². The van der Waals surface area contributed by atoms with E-state index in [1.807, 2.05) is 0 Å².